The van der Waals surface area contributed by atoms with E-state index in [0.29, 0.717) is 5.57 Å². The highest BCUT2D eigenvalue weighted by Gasteiger charge is 2.23. The highest BCUT2D eigenvalue weighted by molar-refractivity contribution is 5.91. The van der Waals surface area contributed by atoms with Crippen LogP contribution in [-0.4, -0.2) is 11.1 Å². The number of carbonyl (C=O) groups is 1. The van der Waals surface area contributed by atoms with Crippen molar-refractivity contribution in [2.45, 2.75) is 20.8 Å². The van der Waals surface area contributed by atoms with Crippen molar-refractivity contribution < 1.29 is 14.3 Å². The summed E-state index contributed by atoms with van der Waals surface area (Å²) in [6.07, 6.45) is 1.03. The van der Waals surface area contributed by atoms with Crippen molar-refractivity contribution in [2.24, 2.45) is 5.41 Å². The first-order valence-electron chi connectivity index (χ1n) is 5.23. The van der Waals surface area contributed by atoms with Crippen LogP contribution in [0.3, 0.4) is 0 Å². The van der Waals surface area contributed by atoms with E-state index in [1.807, 2.05) is 20.8 Å². The predicted octanol–water partition coefficient (Wildman–Crippen LogP) is 2.92. The monoisotopic (exact) mass is 237 g/mol. The second-order valence-electron chi connectivity index (χ2n) is 4.86. The van der Waals surface area contributed by atoms with E-state index in [4.69, 9.17) is 10.8 Å². The van der Waals surface area contributed by atoms with E-state index in [1.165, 1.54) is 12.1 Å². The Hall–Kier alpha value is -1.84. The van der Waals surface area contributed by atoms with Gasteiger partial charge in [0.05, 0.1) is 5.69 Å². The molecule has 0 aliphatic carbocycles. The quantitative estimate of drug-likeness (QED) is 0.614. The number of benzene rings is 1. The first-order chi connectivity index (χ1) is 7.73. The molecule has 0 saturated carbocycles. The van der Waals surface area contributed by atoms with Crippen LogP contribution in [0.15, 0.2) is 24.3 Å². The summed E-state index contributed by atoms with van der Waals surface area (Å²) in [6.45, 7) is 5.47. The average molecular weight is 237 g/mol. The van der Waals surface area contributed by atoms with E-state index >= 15 is 0 Å². The van der Waals surface area contributed by atoms with Gasteiger partial charge < -0.3 is 10.8 Å². The second kappa shape index (κ2) is 4.57. The number of halogens is 1. The molecule has 0 heterocycles. The smallest absolute Gasteiger partial charge is 0.328 e. The molecule has 0 saturated heterocycles. The largest absolute Gasteiger partial charge is 0.478 e. The Morgan fingerprint density at radius 2 is 2.00 bits per heavy atom. The summed E-state index contributed by atoms with van der Waals surface area (Å²) in [4.78, 5) is 10.8. The maximum Gasteiger partial charge on any atom is 0.328 e. The zero-order chi connectivity index (χ0) is 13.2. The molecule has 0 aliphatic heterocycles. The Morgan fingerprint density at radius 3 is 2.47 bits per heavy atom. The lowest BCUT2D eigenvalue weighted by Crippen LogP contribution is -2.12. The van der Waals surface area contributed by atoms with Crippen molar-refractivity contribution >= 4 is 17.2 Å². The minimum Gasteiger partial charge on any atom is -0.478 e. The van der Waals surface area contributed by atoms with E-state index in [0.717, 1.165) is 6.08 Å². The number of nitrogens with two attached hydrogens (primary N) is 1. The minimum absolute atomic E-state index is 0.0167. The Labute approximate surface area is 99.8 Å². The van der Waals surface area contributed by atoms with Gasteiger partial charge in [0, 0.05) is 11.6 Å². The van der Waals surface area contributed by atoms with Crippen molar-refractivity contribution in [2.75, 3.05) is 5.73 Å². The highest BCUT2D eigenvalue weighted by atomic mass is 19.1. The highest BCUT2D eigenvalue weighted by Crippen LogP contribution is 2.36. The van der Waals surface area contributed by atoms with Gasteiger partial charge >= 0.3 is 5.97 Å². The van der Waals surface area contributed by atoms with Gasteiger partial charge in [-0.15, -0.1) is 0 Å². The summed E-state index contributed by atoms with van der Waals surface area (Å²) in [5, 5.41) is 8.84. The standard InChI is InChI=1S/C13H16FNO2/c1-13(2,3)9(7-11(16)17)8-5-4-6-10(15)12(8)14/h4-7H,15H2,1-3H3,(H,16,17)/b9-7-. The number of aliphatic carboxylic acids is 1. The molecule has 1 aromatic carbocycles. The van der Waals surface area contributed by atoms with Crippen molar-refractivity contribution in [1.29, 1.82) is 0 Å². The summed E-state index contributed by atoms with van der Waals surface area (Å²) in [5.74, 6) is -1.67. The molecule has 92 valence electrons. The van der Waals surface area contributed by atoms with Gasteiger partial charge in [-0.05, 0) is 17.1 Å². The predicted molar refractivity (Wildman–Crippen MR) is 65.9 cm³/mol. The second-order valence-corrected chi connectivity index (χ2v) is 4.86. The molecule has 3 N–H and O–H groups in total. The van der Waals surface area contributed by atoms with Gasteiger partial charge in [-0.25, -0.2) is 9.18 Å². The van der Waals surface area contributed by atoms with E-state index in [2.05, 4.69) is 0 Å². The van der Waals surface area contributed by atoms with Gasteiger partial charge in [0.25, 0.3) is 0 Å². The molecule has 1 rings (SSSR count). The fourth-order valence-electron chi connectivity index (χ4n) is 1.58. The fourth-order valence-corrected chi connectivity index (χ4v) is 1.58. The molecule has 1 aromatic rings. The van der Waals surface area contributed by atoms with Gasteiger partial charge in [-0.1, -0.05) is 32.9 Å². The van der Waals surface area contributed by atoms with E-state index in [9.17, 15) is 9.18 Å². The molecule has 0 aromatic heterocycles. The van der Waals surface area contributed by atoms with Crippen LogP contribution in [0, 0.1) is 11.2 Å². The molecular weight excluding hydrogens is 221 g/mol. The van der Waals surface area contributed by atoms with Crippen molar-refractivity contribution in [3.05, 3.63) is 35.7 Å². The van der Waals surface area contributed by atoms with Gasteiger partial charge in [-0.2, -0.15) is 0 Å². The molecule has 17 heavy (non-hydrogen) atoms. The number of anilines is 1. The fraction of sp³-hybridized carbons (Fsp3) is 0.308. The van der Waals surface area contributed by atoms with Crippen molar-refractivity contribution in [1.82, 2.24) is 0 Å². The maximum atomic E-state index is 13.9. The van der Waals surface area contributed by atoms with Crippen LogP contribution >= 0.6 is 0 Å². The van der Waals surface area contributed by atoms with Crippen molar-refractivity contribution in [3.63, 3.8) is 0 Å². The number of hydrogen-bond donors (Lipinski definition) is 2. The van der Waals surface area contributed by atoms with Crippen LogP contribution in [0.1, 0.15) is 26.3 Å². The third-order valence-corrected chi connectivity index (χ3v) is 2.39. The molecule has 0 atom stereocenters. The molecule has 3 nitrogen and oxygen atoms in total. The van der Waals surface area contributed by atoms with Crippen LogP contribution in [0.2, 0.25) is 0 Å². The van der Waals surface area contributed by atoms with Crippen LogP contribution < -0.4 is 5.73 Å². The Bertz CT molecular complexity index is 473. The Balaban J connectivity index is 3.44. The van der Waals surface area contributed by atoms with Crippen molar-refractivity contribution in [3.8, 4) is 0 Å². The first-order valence-corrected chi connectivity index (χ1v) is 5.23. The number of allylic oxidation sites excluding steroid dienone is 1. The molecule has 0 amide bonds. The molecule has 4 heteroatoms. The summed E-state index contributed by atoms with van der Waals surface area (Å²) in [6, 6.07) is 4.58. The molecule has 0 fully saturated rings. The third-order valence-electron chi connectivity index (χ3n) is 2.39. The van der Waals surface area contributed by atoms with Crippen LogP contribution in [0.25, 0.3) is 5.57 Å². The maximum absolute atomic E-state index is 13.9. The van der Waals surface area contributed by atoms with Gasteiger partial charge in [0.1, 0.15) is 0 Å². The molecule has 0 aliphatic rings. The summed E-state index contributed by atoms with van der Waals surface area (Å²) >= 11 is 0. The van der Waals surface area contributed by atoms with E-state index in [-0.39, 0.29) is 11.3 Å². The molecule has 0 spiro atoms. The summed E-state index contributed by atoms with van der Waals surface area (Å²) in [7, 11) is 0. The van der Waals surface area contributed by atoms with Crippen LogP contribution in [0.4, 0.5) is 10.1 Å². The Kier molecular flexibility index (Phi) is 3.56. The van der Waals surface area contributed by atoms with Gasteiger partial charge in [-0.3, -0.25) is 0 Å². The van der Waals surface area contributed by atoms with Crippen LogP contribution in [0.5, 0.6) is 0 Å². The summed E-state index contributed by atoms with van der Waals surface area (Å²) in [5.41, 5.74) is 5.67. The van der Waals surface area contributed by atoms with Crippen LogP contribution in [-0.2, 0) is 4.79 Å². The number of carboxylic acid groups (broad SMARTS) is 1. The molecular formula is C13H16FNO2. The lowest BCUT2D eigenvalue weighted by Gasteiger charge is -2.23. The van der Waals surface area contributed by atoms with E-state index in [1.54, 1.807) is 6.07 Å². The zero-order valence-corrected chi connectivity index (χ0v) is 10.1. The summed E-state index contributed by atoms with van der Waals surface area (Å²) < 4.78 is 13.9. The minimum atomic E-state index is -1.10. The average Bonchev–Trinajstić information content (AvgIpc) is 2.17. The molecule has 0 unspecified atom stereocenters. The lowest BCUT2D eigenvalue weighted by molar-refractivity contribution is -0.131. The number of hydrogen-bond acceptors (Lipinski definition) is 2. The van der Waals surface area contributed by atoms with Gasteiger partial charge in [0.2, 0.25) is 0 Å². The normalized spacial score (nSPS) is 12.6. The number of carboxylic acids is 1. The topological polar surface area (TPSA) is 63.3 Å². The first kappa shape index (κ1) is 13.2. The third kappa shape index (κ3) is 3.06. The Morgan fingerprint density at radius 1 is 1.41 bits per heavy atom. The SMILES string of the molecule is CC(C)(C)/C(=C\C(=O)O)c1cccc(N)c1F. The number of rotatable bonds is 2. The number of nitrogen functional groups attached to an aromatic ring is 1. The molecule has 0 bridgehead atoms. The van der Waals surface area contributed by atoms with E-state index < -0.39 is 17.2 Å². The van der Waals surface area contributed by atoms with Gasteiger partial charge in [0.15, 0.2) is 5.82 Å². The zero-order valence-electron chi connectivity index (χ0n) is 10.1. The lowest BCUT2D eigenvalue weighted by atomic mass is 9.81. The molecule has 0 radical (unpaired) electrons.